The zero-order valence-electron chi connectivity index (χ0n) is 15.6. The largest absolute Gasteiger partial charge is 0.356 e. The van der Waals surface area contributed by atoms with Crippen LogP contribution in [0.4, 0.5) is 0 Å². The highest BCUT2D eigenvalue weighted by Crippen LogP contribution is 2.27. The van der Waals surface area contributed by atoms with Gasteiger partial charge in [0, 0.05) is 51.5 Å². The fourth-order valence-electron chi connectivity index (χ4n) is 3.11. The summed E-state index contributed by atoms with van der Waals surface area (Å²) in [5, 5.41) is 6.22. The molecule has 1 fully saturated rings. The van der Waals surface area contributed by atoms with Crippen LogP contribution in [0.2, 0.25) is 0 Å². The Labute approximate surface area is 167 Å². The quantitative estimate of drug-likeness (QED) is 0.398. The summed E-state index contributed by atoms with van der Waals surface area (Å²) < 4.78 is 2.18. The summed E-state index contributed by atoms with van der Waals surface area (Å²) >= 11 is 0. The van der Waals surface area contributed by atoms with Crippen LogP contribution in [-0.4, -0.2) is 59.0 Å². The van der Waals surface area contributed by atoms with Gasteiger partial charge in [-0.25, -0.2) is 4.98 Å². The van der Waals surface area contributed by atoms with Crippen LogP contribution in [-0.2, 0) is 4.79 Å². The first-order chi connectivity index (χ1) is 11.5. The van der Waals surface area contributed by atoms with Crippen LogP contribution in [0.25, 0.3) is 0 Å². The van der Waals surface area contributed by atoms with E-state index in [1.54, 1.807) is 7.05 Å². The molecule has 2 rings (SSSR count). The lowest BCUT2D eigenvalue weighted by atomic mass is 9.93. The number of rotatable bonds is 5. The Morgan fingerprint density at radius 3 is 2.80 bits per heavy atom. The maximum atomic E-state index is 11.7. The molecule has 25 heavy (non-hydrogen) atoms. The van der Waals surface area contributed by atoms with Crippen molar-refractivity contribution in [2.45, 2.75) is 45.7 Å². The third kappa shape index (κ3) is 6.48. The number of imidazole rings is 1. The van der Waals surface area contributed by atoms with Gasteiger partial charge in [0.05, 0.1) is 12.4 Å². The minimum Gasteiger partial charge on any atom is -0.356 e. The molecule has 7 nitrogen and oxygen atoms in total. The smallest absolute Gasteiger partial charge is 0.221 e. The second kappa shape index (κ2) is 10.6. The number of carbonyl (C=O) groups excluding carboxylic acids is 1. The lowest BCUT2D eigenvalue weighted by Gasteiger charge is -2.39. The summed E-state index contributed by atoms with van der Waals surface area (Å²) in [6.45, 7) is 8.69. The topological polar surface area (TPSA) is 74.6 Å². The van der Waals surface area contributed by atoms with Crippen molar-refractivity contribution in [3.05, 3.63) is 18.7 Å². The fraction of sp³-hybridized carbons (Fsp3) is 0.706. The number of hydrogen-bond acceptors (Lipinski definition) is 3. The molecule has 0 spiro atoms. The molecule has 2 atom stereocenters. The first-order valence-corrected chi connectivity index (χ1v) is 8.73. The van der Waals surface area contributed by atoms with Crippen molar-refractivity contribution < 1.29 is 4.79 Å². The van der Waals surface area contributed by atoms with E-state index in [0.717, 1.165) is 25.5 Å². The third-order valence-electron chi connectivity index (χ3n) is 4.42. The lowest BCUT2D eigenvalue weighted by molar-refractivity contribution is -0.121. The Morgan fingerprint density at radius 2 is 2.20 bits per heavy atom. The van der Waals surface area contributed by atoms with Crippen molar-refractivity contribution in [2.24, 2.45) is 10.9 Å². The maximum Gasteiger partial charge on any atom is 0.221 e. The molecular weight excluding hydrogens is 431 g/mol. The van der Waals surface area contributed by atoms with Gasteiger partial charge in [0.25, 0.3) is 0 Å². The van der Waals surface area contributed by atoms with Gasteiger partial charge in [0.1, 0.15) is 0 Å². The number of halogens is 1. The van der Waals surface area contributed by atoms with Crippen LogP contribution in [0.3, 0.4) is 0 Å². The predicted molar refractivity (Wildman–Crippen MR) is 111 cm³/mol. The Morgan fingerprint density at radius 1 is 1.44 bits per heavy atom. The van der Waals surface area contributed by atoms with Gasteiger partial charge in [0.2, 0.25) is 5.91 Å². The summed E-state index contributed by atoms with van der Waals surface area (Å²) in [4.78, 5) is 22.6. The number of hydrogen-bond donors (Lipinski definition) is 2. The predicted octanol–water partition coefficient (Wildman–Crippen LogP) is 1.87. The molecule has 0 aromatic carbocycles. The van der Waals surface area contributed by atoms with Gasteiger partial charge in [-0.05, 0) is 26.2 Å². The molecule has 2 N–H and O–H groups in total. The number of carbonyl (C=O) groups is 1. The van der Waals surface area contributed by atoms with Gasteiger partial charge in [-0.1, -0.05) is 6.92 Å². The van der Waals surface area contributed by atoms with Crippen LogP contribution in [0.5, 0.6) is 0 Å². The minimum absolute atomic E-state index is 0. The molecule has 1 aliphatic rings. The number of aliphatic imine (C=N–C) groups is 1. The third-order valence-corrected chi connectivity index (χ3v) is 4.42. The summed E-state index contributed by atoms with van der Waals surface area (Å²) in [5.74, 6) is 1.53. The zero-order valence-corrected chi connectivity index (χ0v) is 17.9. The first-order valence-electron chi connectivity index (χ1n) is 8.73. The van der Waals surface area contributed by atoms with Crippen LogP contribution < -0.4 is 10.6 Å². The average molecular weight is 462 g/mol. The highest BCUT2D eigenvalue weighted by atomic mass is 127. The average Bonchev–Trinajstić information content (AvgIpc) is 3.06. The summed E-state index contributed by atoms with van der Waals surface area (Å²) in [6.07, 6.45) is 7.30. The monoisotopic (exact) mass is 462 g/mol. The van der Waals surface area contributed by atoms with Gasteiger partial charge in [-0.15, -0.1) is 24.0 Å². The lowest BCUT2D eigenvalue weighted by Crippen LogP contribution is -2.49. The van der Waals surface area contributed by atoms with E-state index in [4.69, 9.17) is 0 Å². The van der Waals surface area contributed by atoms with Gasteiger partial charge in [-0.2, -0.15) is 0 Å². The van der Waals surface area contributed by atoms with Crippen molar-refractivity contribution in [2.75, 3.05) is 26.7 Å². The van der Waals surface area contributed by atoms with E-state index in [1.165, 1.54) is 0 Å². The van der Waals surface area contributed by atoms with Gasteiger partial charge < -0.3 is 20.1 Å². The molecule has 0 radical (unpaired) electrons. The molecule has 1 aliphatic heterocycles. The van der Waals surface area contributed by atoms with E-state index in [0.29, 0.717) is 24.9 Å². The van der Waals surface area contributed by atoms with Crippen LogP contribution in [0.1, 0.15) is 39.7 Å². The van der Waals surface area contributed by atoms with E-state index in [2.05, 4.69) is 37.0 Å². The Bertz CT molecular complexity index is 545. The molecule has 2 unspecified atom stereocenters. The molecule has 1 aromatic rings. The molecule has 1 saturated heterocycles. The molecule has 1 amide bonds. The van der Waals surface area contributed by atoms with Gasteiger partial charge >= 0.3 is 0 Å². The highest BCUT2D eigenvalue weighted by Gasteiger charge is 2.28. The Kier molecular flexibility index (Phi) is 9.23. The van der Waals surface area contributed by atoms with E-state index < -0.39 is 0 Å². The van der Waals surface area contributed by atoms with Crippen molar-refractivity contribution in [3.8, 4) is 0 Å². The SMILES string of the molecule is CN=C(NCCC(=O)NC(C)C)N1CCC(C)C(n2ccnc2)C1.I. The molecule has 1 aromatic heterocycles. The van der Waals surface area contributed by atoms with Gasteiger partial charge in [0.15, 0.2) is 5.96 Å². The standard InChI is InChI=1S/C17H30N6O.HI/c1-13(2)21-16(24)5-7-20-17(18-4)22-9-6-14(3)15(11-22)23-10-8-19-12-23;/h8,10,12-15H,5-7,9,11H2,1-4H3,(H,18,20)(H,21,24);1H. The zero-order chi connectivity index (χ0) is 17.5. The molecular formula is C17H31IN6O. The normalized spacial score (nSPS) is 21.0. The highest BCUT2D eigenvalue weighted by molar-refractivity contribution is 14.0. The van der Waals surface area contributed by atoms with Crippen LogP contribution in [0, 0.1) is 5.92 Å². The Balaban J connectivity index is 0.00000312. The number of amides is 1. The number of guanidine groups is 1. The number of nitrogens with zero attached hydrogens (tertiary/aromatic N) is 4. The molecule has 142 valence electrons. The molecule has 8 heteroatoms. The van der Waals surface area contributed by atoms with Crippen LogP contribution in [0.15, 0.2) is 23.7 Å². The first kappa shape index (κ1) is 21.7. The maximum absolute atomic E-state index is 11.7. The second-order valence-electron chi connectivity index (χ2n) is 6.74. The molecule has 2 heterocycles. The fourth-order valence-corrected chi connectivity index (χ4v) is 3.11. The summed E-state index contributed by atoms with van der Waals surface area (Å²) in [6, 6.07) is 0.570. The van der Waals surface area contributed by atoms with E-state index in [-0.39, 0.29) is 35.9 Å². The second-order valence-corrected chi connectivity index (χ2v) is 6.74. The van der Waals surface area contributed by atoms with E-state index in [9.17, 15) is 4.79 Å². The van der Waals surface area contributed by atoms with E-state index >= 15 is 0 Å². The van der Waals surface area contributed by atoms with Crippen molar-refractivity contribution >= 4 is 35.8 Å². The number of aromatic nitrogens is 2. The summed E-state index contributed by atoms with van der Waals surface area (Å²) in [7, 11) is 1.79. The van der Waals surface area contributed by atoms with E-state index in [1.807, 2.05) is 32.6 Å². The summed E-state index contributed by atoms with van der Waals surface area (Å²) in [5.41, 5.74) is 0. The van der Waals surface area contributed by atoms with Gasteiger partial charge in [-0.3, -0.25) is 9.79 Å². The molecule has 0 saturated carbocycles. The minimum atomic E-state index is 0. The molecule has 0 bridgehead atoms. The Hall–Kier alpha value is -1.32. The molecule has 0 aliphatic carbocycles. The number of likely N-dealkylation sites (tertiary alicyclic amines) is 1. The van der Waals surface area contributed by atoms with Crippen molar-refractivity contribution in [1.82, 2.24) is 25.1 Å². The van der Waals surface area contributed by atoms with Crippen molar-refractivity contribution in [3.63, 3.8) is 0 Å². The number of nitrogens with one attached hydrogen (secondary N) is 2. The number of piperidine rings is 1. The van der Waals surface area contributed by atoms with Crippen molar-refractivity contribution in [1.29, 1.82) is 0 Å². The van der Waals surface area contributed by atoms with Crippen LogP contribution >= 0.6 is 24.0 Å².